The van der Waals surface area contributed by atoms with Crippen molar-refractivity contribution in [2.45, 2.75) is 6.92 Å². The summed E-state index contributed by atoms with van der Waals surface area (Å²) in [6, 6.07) is 4.07. The lowest BCUT2D eigenvalue weighted by Gasteiger charge is -2.21. The Morgan fingerprint density at radius 2 is 2.28 bits per heavy atom. The van der Waals surface area contributed by atoms with Gasteiger partial charge in [0.25, 0.3) is 5.69 Å². The van der Waals surface area contributed by atoms with Gasteiger partial charge in [-0.15, -0.1) is 6.58 Å². The zero-order valence-corrected chi connectivity index (χ0v) is 10.00. The van der Waals surface area contributed by atoms with Crippen molar-refractivity contribution < 1.29 is 14.8 Å². The molecule has 0 bridgehead atoms. The number of carboxylic acid groups (broad SMARTS) is 1. The van der Waals surface area contributed by atoms with E-state index in [1.165, 1.54) is 18.2 Å². The number of benzene rings is 1. The van der Waals surface area contributed by atoms with Crippen LogP contribution in [0.15, 0.2) is 30.9 Å². The third-order valence-electron chi connectivity index (χ3n) is 2.50. The number of anilines is 1. The molecule has 0 atom stereocenters. The molecule has 0 heterocycles. The van der Waals surface area contributed by atoms with Crippen molar-refractivity contribution in [1.82, 2.24) is 0 Å². The Hall–Kier alpha value is -2.37. The van der Waals surface area contributed by atoms with Crippen LogP contribution in [0.5, 0.6) is 0 Å². The van der Waals surface area contributed by atoms with Crippen molar-refractivity contribution in [3.63, 3.8) is 0 Å². The minimum Gasteiger partial charge on any atom is -0.477 e. The fraction of sp³-hybridized carbons (Fsp3) is 0.250. The number of hydrogen-bond donors (Lipinski definition) is 1. The van der Waals surface area contributed by atoms with Crippen LogP contribution in [0.4, 0.5) is 11.4 Å². The van der Waals surface area contributed by atoms with Crippen molar-refractivity contribution in [2.75, 3.05) is 18.0 Å². The van der Waals surface area contributed by atoms with E-state index in [0.29, 0.717) is 18.8 Å². The molecule has 0 amide bonds. The molecule has 0 unspecified atom stereocenters. The maximum atomic E-state index is 11.0. The standard InChI is InChI=1S/C12H14N2O4/c1-3-7-13(4-2)9-5-6-11(14(17)18)10(8-9)12(15)16/h3,5-6,8H,1,4,7H2,2H3,(H,15,16). The zero-order valence-electron chi connectivity index (χ0n) is 10.00. The first-order valence-electron chi connectivity index (χ1n) is 5.38. The molecule has 0 fully saturated rings. The highest BCUT2D eigenvalue weighted by atomic mass is 16.6. The van der Waals surface area contributed by atoms with Gasteiger partial charge in [-0.25, -0.2) is 4.79 Å². The lowest BCUT2D eigenvalue weighted by molar-refractivity contribution is -0.385. The SMILES string of the molecule is C=CCN(CC)c1ccc([N+](=O)[O-])c(C(=O)O)c1. The van der Waals surface area contributed by atoms with Crippen LogP contribution >= 0.6 is 0 Å². The van der Waals surface area contributed by atoms with Crippen LogP contribution in [0.25, 0.3) is 0 Å². The molecule has 1 aromatic rings. The molecule has 96 valence electrons. The first-order chi connectivity index (χ1) is 8.51. The molecule has 0 aromatic heterocycles. The van der Waals surface area contributed by atoms with E-state index < -0.39 is 16.6 Å². The highest BCUT2D eigenvalue weighted by Crippen LogP contribution is 2.25. The van der Waals surface area contributed by atoms with Gasteiger partial charge in [-0.2, -0.15) is 0 Å². The summed E-state index contributed by atoms with van der Waals surface area (Å²) in [6.07, 6.45) is 1.69. The summed E-state index contributed by atoms with van der Waals surface area (Å²) in [5.74, 6) is -1.31. The summed E-state index contributed by atoms with van der Waals surface area (Å²) >= 11 is 0. The van der Waals surface area contributed by atoms with Crippen molar-refractivity contribution in [1.29, 1.82) is 0 Å². The lowest BCUT2D eigenvalue weighted by atomic mass is 10.1. The third-order valence-corrected chi connectivity index (χ3v) is 2.50. The number of carboxylic acids is 1. The van der Waals surface area contributed by atoms with Gasteiger partial charge in [-0.05, 0) is 19.1 Å². The van der Waals surface area contributed by atoms with Crippen LogP contribution in [0.3, 0.4) is 0 Å². The van der Waals surface area contributed by atoms with Gasteiger partial charge >= 0.3 is 5.97 Å². The van der Waals surface area contributed by atoms with Crippen LogP contribution in [-0.2, 0) is 0 Å². The normalized spacial score (nSPS) is 9.83. The second-order valence-electron chi connectivity index (χ2n) is 3.59. The molecule has 0 aliphatic rings. The number of carbonyl (C=O) groups is 1. The summed E-state index contributed by atoms with van der Waals surface area (Å²) in [5.41, 5.74) is -0.0821. The molecule has 1 rings (SSSR count). The molecule has 6 nitrogen and oxygen atoms in total. The first-order valence-corrected chi connectivity index (χ1v) is 5.38. The zero-order chi connectivity index (χ0) is 13.7. The molecular weight excluding hydrogens is 236 g/mol. The molecule has 0 radical (unpaired) electrons. The van der Waals surface area contributed by atoms with Crippen LogP contribution in [0.1, 0.15) is 17.3 Å². The molecule has 1 N–H and O–H groups in total. The largest absolute Gasteiger partial charge is 0.477 e. The van der Waals surface area contributed by atoms with E-state index in [9.17, 15) is 14.9 Å². The van der Waals surface area contributed by atoms with Crippen molar-refractivity contribution >= 4 is 17.3 Å². The monoisotopic (exact) mass is 250 g/mol. The number of aromatic carboxylic acids is 1. The van der Waals surface area contributed by atoms with Gasteiger partial charge < -0.3 is 10.0 Å². The molecule has 18 heavy (non-hydrogen) atoms. The predicted molar refractivity (Wildman–Crippen MR) is 68.1 cm³/mol. The molecule has 0 aliphatic heterocycles. The molecular formula is C12H14N2O4. The van der Waals surface area contributed by atoms with E-state index in [4.69, 9.17) is 5.11 Å². The van der Waals surface area contributed by atoms with Gasteiger partial charge in [0.15, 0.2) is 0 Å². The smallest absolute Gasteiger partial charge is 0.342 e. The van der Waals surface area contributed by atoms with E-state index >= 15 is 0 Å². The van der Waals surface area contributed by atoms with Crippen LogP contribution in [0.2, 0.25) is 0 Å². The average Bonchev–Trinajstić information content (AvgIpc) is 2.35. The highest BCUT2D eigenvalue weighted by molar-refractivity contribution is 5.93. The summed E-state index contributed by atoms with van der Waals surface area (Å²) in [4.78, 5) is 22.9. The summed E-state index contributed by atoms with van der Waals surface area (Å²) in [5, 5.41) is 19.7. The van der Waals surface area contributed by atoms with Gasteiger partial charge in [-0.3, -0.25) is 10.1 Å². The van der Waals surface area contributed by atoms with E-state index in [1.807, 2.05) is 11.8 Å². The van der Waals surface area contributed by atoms with Crippen LogP contribution in [0, 0.1) is 10.1 Å². The second-order valence-corrected chi connectivity index (χ2v) is 3.59. The predicted octanol–water partition coefficient (Wildman–Crippen LogP) is 2.31. The second kappa shape index (κ2) is 5.81. The number of nitro benzene ring substituents is 1. The van der Waals surface area contributed by atoms with Gasteiger partial charge in [0.05, 0.1) is 4.92 Å². The Balaban J connectivity index is 3.25. The fourth-order valence-electron chi connectivity index (χ4n) is 1.62. The van der Waals surface area contributed by atoms with Gasteiger partial charge in [0.2, 0.25) is 0 Å². The van der Waals surface area contributed by atoms with Crippen molar-refractivity contribution in [2.24, 2.45) is 0 Å². The third kappa shape index (κ3) is 2.85. The Morgan fingerprint density at radius 1 is 1.61 bits per heavy atom. The minimum absolute atomic E-state index is 0.306. The van der Waals surface area contributed by atoms with E-state index in [0.717, 1.165) is 0 Å². The number of nitro groups is 1. The van der Waals surface area contributed by atoms with E-state index in [1.54, 1.807) is 6.08 Å². The minimum atomic E-state index is -1.31. The maximum Gasteiger partial charge on any atom is 0.342 e. The number of likely N-dealkylation sites (N-methyl/N-ethyl adjacent to an activating group) is 1. The first kappa shape index (κ1) is 13.7. The van der Waals surface area contributed by atoms with E-state index in [-0.39, 0.29) is 5.56 Å². The molecule has 0 spiro atoms. The Bertz CT molecular complexity index is 485. The quantitative estimate of drug-likeness (QED) is 0.475. The van der Waals surface area contributed by atoms with Crippen molar-refractivity contribution in [3.05, 3.63) is 46.5 Å². The highest BCUT2D eigenvalue weighted by Gasteiger charge is 2.20. The Morgan fingerprint density at radius 3 is 2.72 bits per heavy atom. The summed E-state index contributed by atoms with van der Waals surface area (Å²) in [6.45, 7) is 6.72. The topological polar surface area (TPSA) is 83.7 Å². The Labute approximate surface area is 104 Å². The molecule has 0 saturated heterocycles. The molecule has 0 aliphatic carbocycles. The number of rotatable bonds is 6. The molecule has 1 aromatic carbocycles. The molecule has 6 heteroatoms. The average molecular weight is 250 g/mol. The number of hydrogen-bond acceptors (Lipinski definition) is 4. The van der Waals surface area contributed by atoms with Gasteiger partial charge in [-0.1, -0.05) is 6.08 Å². The number of nitrogens with zero attached hydrogens (tertiary/aromatic N) is 2. The molecule has 0 saturated carbocycles. The van der Waals surface area contributed by atoms with Crippen molar-refractivity contribution in [3.8, 4) is 0 Å². The Kier molecular flexibility index (Phi) is 4.42. The van der Waals surface area contributed by atoms with E-state index in [2.05, 4.69) is 6.58 Å². The summed E-state index contributed by atoms with van der Waals surface area (Å²) in [7, 11) is 0. The van der Waals surface area contributed by atoms with Crippen LogP contribution in [-0.4, -0.2) is 29.1 Å². The van der Waals surface area contributed by atoms with Gasteiger partial charge in [0.1, 0.15) is 5.56 Å². The fourth-order valence-corrected chi connectivity index (χ4v) is 1.62. The lowest BCUT2D eigenvalue weighted by Crippen LogP contribution is -2.22. The van der Waals surface area contributed by atoms with Gasteiger partial charge in [0, 0.05) is 24.8 Å². The maximum absolute atomic E-state index is 11.0. The summed E-state index contributed by atoms with van der Waals surface area (Å²) < 4.78 is 0. The van der Waals surface area contributed by atoms with Crippen LogP contribution < -0.4 is 4.90 Å².